The van der Waals surface area contributed by atoms with Crippen LogP contribution in [-0.4, -0.2) is 30.1 Å². The van der Waals surface area contributed by atoms with Crippen LogP contribution in [0.25, 0.3) is 27.7 Å². The number of aromatic nitrogens is 3. The first kappa shape index (κ1) is 23.4. The fraction of sp³-hybridized carbons (Fsp3) is 0.0741. The number of rotatable bonds is 6. The third-order valence-electron chi connectivity index (χ3n) is 5.74. The van der Waals surface area contributed by atoms with E-state index < -0.39 is 9.84 Å². The lowest BCUT2D eigenvalue weighted by atomic mass is 10.0. The predicted molar refractivity (Wildman–Crippen MR) is 134 cm³/mol. The monoisotopic (exact) mass is 501 g/mol. The van der Waals surface area contributed by atoms with Crippen LogP contribution in [0.15, 0.2) is 101 Å². The van der Waals surface area contributed by atoms with Crippen LogP contribution in [0.3, 0.4) is 0 Å². The zero-order valence-electron chi connectivity index (χ0n) is 19.1. The van der Waals surface area contributed by atoms with Crippen LogP contribution in [0, 0.1) is 5.82 Å². The summed E-state index contributed by atoms with van der Waals surface area (Å²) in [4.78, 5) is 21.1. The maximum atomic E-state index is 13.8. The van der Waals surface area contributed by atoms with Gasteiger partial charge >= 0.3 is 0 Å². The second-order valence-electron chi connectivity index (χ2n) is 8.05. The van der Waals surface area contributed by atoms with E-state index >= 15 is 0 Å². The normalized spacial score (nSPS) is 11.5. The smallest absolute Gasteiger partial charge is 0.255 e. The fourth-order valence-electron chi connectivity index (χ4n) is 4.04. The molecule has 0 unspecified atom stereocenters. The van der Waals surface area contributed by atoms with Gasteiger partial charge < -0.3 is 4.74 Å². The summed E-state index contributed by atoms with van der Waals surface area (Å²) >= 11 is 0. The SMILES string of the molecule is COc1ccc(-c2cccc(F)c2)cc1-n1c(=O)ccc2cc(S(=O)(=O)Cc3ncccn3)ccc21. The van der Waals surface area contributed by atoms with Crippen LogP contribution in [0.2, 0.25) is 0 Å². The summed E-state index contributed by atoms with van der Waals surface area (Å²) in [6, 6.07) is 20.5. The Balaban J connectivity index is 1.65. The minimum absolute atomic E-state index is 0.0909. The van der Waals surface area contributed by atoms with E-state index in [0.717, 1.165) is 0 Å². The fourth-order valence-corrected chi connectivity index (χ4v) is 5.27. The van der Waals surface area contributed by atoms with Gasteiger partial charge in [-0.15, -0.1) is 0 Å². The molecule has 5 rings (SSSR count). The minimum atomic E-state index is -3.72. The number of halogens is 1. The first-order valence-corrected chi connectivity index (χ1v) is 12.6. The molecule has 0 N–H and O–H groups in total. The first-order valence-electron chi connectivity index (χ1n) is 10.9. The van der Waals surface area contributed by atoms with Crippen LogP contribution >= 0.6 is 0 Å². The number of pyridine rings is 1. The summed E-state index contributed by atoms with van der Waals surface area (Å²) in [7, 11) is -2.23. The third-order valence-corrected chi connectivity index (χ3v) is 7.35. The van der Waals surface area contributed by atoms with Crippen molar-refractivity contribution in [2.75, 3.05) is 7.11 Å². The molecule has 0 radical (unpaired) electrons. The van der Waals surface area contributed by atoms with E-state index in [1.54, 1.807) is 48.5 Å². The minimum Gasteiger partial charge on any atom is -0.495 e. The number of fused-ring (bicyclic) bond motifs is 1. The van der Waals surface area contributed by atoms with Crippen molar-refractivity contribution in [2.45, 2.75) is 10.6 Å². The van der Waals surface area contributed by atoms with Gasteiger partial charge in [0.2, 0.25) is 0 Å². The molecule has 7 nitrogen and oxygen atoms in total. The molecule has 0 spiro atoms. The Kier molecular flexibility index (Phi) is 6.07. The number of ether oxygens (including phenoxy) is 1. The molecule has 36 heavy (non-hydrogen) atoms. The van der Waals surface area contributed by atoms with Gasteiger partial charge in [-0.1, -0.05) is 18.2 Å². The van der Waals surface area contributed by atoms with Crippen molar-refractivity contribution < 1.29 is 17.5 Å². The zero-order chi connectivity index (χ0) is 25.3. The number of methoxy groups -OCH3 is 1. The van der Waals surface area contributed by atoms with E-state index in [4.69, 9.17) is 4.74 Å². The Morgan fingerprint density at radius 1 is 0.889 bits per heavy atom. The number of hydrogen-bond donors (Lipinski definition) is 0. The molecule has 0 aliphatic rings. The van der Waals surface area contributed by atoms with E-state index in [9.17, 15) is 17.6 Å². The molecule has 0 saturated heterocycles. The molecule has 0 aliphatic heterocycles. The largest absolute Gasteiger partial charge is 0.495 e. The Labute approximate surface area is 206 Å². The Morgan fingerprint density at radius 3 is 2.42 bits per heavy atom. The van der Waals surface area contributed by atoms with Gasteiger partial charge in [-0.05, 0) is 65.7 Å². The second-order valence-corrected chi connectivity index (χ2v) is 10.0. The quantitative estimate of drug-likeness (QED) is 0.339. The molecule has 3 aromatic carbocycles. The van der Waals surface area contributed by atoms with Crippen LogP contribution < -0.4 is 10.3 Å². The molecule has 0 atom stereocenters. The average Bonchev–Trinajstić information content (AvgIpc) is 2.88. The van der Waals surface area contributed by atoms with E-state index in [2.05, 4.69) is 9.97 Å². The van der Waals surface area contributed by atoms with Gasteiger partial charge in [-0.2, -0.15) is 0 Å². The summed E-state index contributed by atoms with van der Waals surface area (Å²) in [6.45, 7) is 0. The molecule has 0 bridgehead atoms. The van der Waals surface area contributed by atoms with Crippen LogP contribution in [0.1, 0.15) is 5.82 Å². The van der Waals surface area contributed by atoms with Crippen LogP contribution in [0.4, 0.5) is 4.39 Å². The molecule has 180 valence electrons. The molecule has 0 aliphatic carbocycles. The highest BCUT2D eigenvalue weighted by Gasteiger charge is 2.19. The maximum absolute atomic E-state index is 13.8. The Morgan fingerprint density at radius 2 is 1.67 bits per heavy atom. The van der Waals surface area contributed by atoms with Gasteiger partial charge in [0.15, 0.2) is 9.84 Å². The zero-order valence-corrected chi connectivity index (χ0v) is 19.9. The highest BCUT2D eigenvalue weighted by molar-refractivity contribution is 7.90. The highest BCUT2D eigenvalue weighted by Crippen LogP contribution is 2.31. The van der Waals surface area contributed by atoms with Crippen molar-refractivity contribution in [1.82, 2.24) is 14.5 Å². The van der Waals surface area contributed by atoms with Crippen LogP contribution in [0.5, 0.6) is 5.75 Å². The van der Waals surface area contributed by atoms with Crippen molar-refractivity contribution in [3.63, 3.8) is 0 Å². The maximum Gasteiger partial charge on any atom is 0.255 e. The molecule has 0 amide bonds. The van der Waals surface area contributed by atoms with E-state index in [1.165, 1.54) is 54.4 Å². The molecule has 5 aromatic rings. The van der Waals surface area contributed by atoms with Gasteiger partial charge in [0.1, 0.15) is 23.1 Å². The van der Waals surface area contributed by atoms with Gasteiger partial charge in [-0.25, -0.2) is 22.8 Å². The summed E-state index contributed by atoms with van der Waals surface area (Å²) < 4.78 is 46.8. The molecule has 0 saturated carbocycles. The van der Waals surface area contributed by atoms with Gasteiger partial charge in [0.25, 0.3) is 5.56 Å². The van der Waals surface area contributed by atoms with Crippen molar-refractivity contribution in [2.24, 2.45) is 0 Å². The molecule has 2 heterocycles. The van der Waals surface area contributed by atoms with Gasteiger partial charge in [-0.3, -0.25) is 9.36 Å². The molecule has 9 heteroatoms. The predicted octanol–water partition coefficient (Wildman–Crippen LogP) is 4.57. The molecular weight excluding hydrogens is 481 g/mol. The summed E-state index contributed by atoms with van der Waals surface area (Å²) in [6.07, 6.45) is 2.98. The lowest BCUT2D eigenvalue weighted by Gasteiger charge is -2.16. The molecule has 0 fully saturated rings. The second kappa shape index (κ2) is 9.35. The Hall–Kier alpha value is -4.37. The topological polar surface area (TPSA) is 91.2 Å². The number of hydrogen-bond acceptors (Lipinski definition) is 6. The Bertz CT molecular complexity index is 1750. The lowest BCUT2D eigenvalue weighted by Crippen LogP contribution is -2.18. The van der Waals surface area contributed by atoms with Gasteiger partial charge in [0.05, 0.1) is 23.2 Å². The van der Waals surface area contributed by atoms with E-state index in [0.29, 0.717) is 33.5 Å². The molecule has 2 aromatic heterocycles. The van der Waals surface area contributed by atoms with Gasteiger partial charge in [0, 0.05) is 23.8 Å². The number of nitrogens with zero attached hydrogens (tertiary/aromatic N) is 3. The van der Waals surface area contributed by atoms with Crippen molar-refractivity contribution >= 4 is 20.7 Å². The summed E-state index contributed by atoms with van der Waals surface area (Å²) in [5.74, 6) is -0.0892. The van der Waals surface area contributed by atoms with E-state index in [1.807, 2.05) is 0 Å². The van der Waals surface area contributed by atoms with E-state index in [-0.39, 0.29) is 27.8 Å². The highest BCUT2D eigenvalue weighted by atomic mass is 32.2. The summed E-state index contributed by atoms with van der Waals surface area (Å²) in [5.41, 5.74) is 1.95. The van der Waals surface area contributed by atoms with Crippen LogP contribution in [-0.2, 0) is 15.6 Å². The number of benzene rings is 3. The summed E-state index contributed by atoms with van der Waals surface area (Å²) in [5, 5.41) is 0.544. The van der Waals surface area contributed by atoms with Crippen molar-refractivity contribution in [3.8, 4) is 22.6 Å². The van der Waals surface area contributed by atoms with Crippen molar-refractivity contribution in [3.05, 3.63) is 113 Å². The standard InChI is InChI=1S/C27H20FN3O4S/c1-35-25-10-6-19(18-4-2-5-21(28)14-18)16-24(25)31-23-9-8-22(15-20(23)7-11-27(31)32)36(33,34)17-26-29-12-3-13-30-26/h2-16H,17H2,1H3. The lowest BCUT2D eigenvalue weighted by molar-refractivity contribution is 0.413. The first-order chi connectivity index (χ1) is 17.4. The molecular formula is C27H20FN3O4S. The average molecular weight is 502 g/mol. The number of sulfone groups is 1. The third kappa shape index (κ3) is 4.48. The van der Waals surface area contributed by atoms with Crippen molar-refractivity contribution in [1.29, 1.82) is 0 Å².